The van der Waals surface area contributed by atoms with Gasteiger partial charge in [-0.15, -0.1) is 0 Å². The van der Waals surface area contributed by atoms with Crippen molar-refractivity contribution in [3.8, 4) is 0 Å². The first kappa shape index (κ1) is 8.30. The van der Waals surface area contributed by atoms with Crippen LogP contribution in [0, 0.1) is 0 Å². The number of nitrogens with zero attached hydrogens (tertiary/aromatic N) is 1. The zero-order chi connectivity index (χ0) is 9.42. The first-order chi connectivity index (χ1) is 6.22. The van der Waals surface area contributed by atoms with Gasteiger partial charge in [0.1, 0.15) is 0 Å². The fraction of sp³-hybridized carbons (Fsp3) is 0.364. The molecule has 0 N–H and O–H groups in total. The second-order valence-corrected chi connectivity index (χ2v) is 3.51. The minimum atomic E-state index is 0.151. The summed E-state index contributed by atoms with van der Waals surface area (Å²) in [6, 6.07) is 6.12. The van der Waals surface area contributed by atoms with Gasteiger partial charge in [0.2, 0.25) is 0 Å². The number of hydrogen-bond donors (Lipinski definition) is 0. The van der Waals surface area contributed by atoms with Crippen LogP contribution in [0.5, 0.6) is 0 Å². The predicted octanol–water partition coefficient (Wildman–Crippen LogP) is 1.83. The zero-order valence-corrected chi connectivity index (χ0v) is 8.00. The van der Waals surface area contributed by atoms with Crippen LogP contribution in [0.15, 0.2) is 18.2 Å². The monoisotopic (exact) mass is 175 g/mol. The van der Waals surface area contributed by atoms with Crippen LogP contribution in [0.25, 0.3) is 0 Å². The van der Waals surface area contributed by atoms with E-state index in [4.69, 9.17) is 0 Å². The summed E-state index contributed by atoms with van der Waals surface area (Å²) in [6.45, 7) is 2.89. The van der Waals surface area contributed by atoms with Gasteiger partial charge in [0, 0.05) is 19.2 Å². The first-order valence-electron chi connectivity index (χ1n) is 4.59. The number of benzene rings is 1. The van der Waals surface area contributed by atoms with Crippen LogP contribution in [-0.2, 0) is 13.0 Å². The molecule has 0 aliphatic carbocycles. The minimum Gasteiger partial charge on any atom is -0.337 e. The van der Waals surface area contributed by atoms with Gasteiger partial charge in [0.25, 0.3) is 5.91 Å². The summed E-state index contributed by atoms with van der Waals surface area (Å²) in [5.74, 6) is 0.151. The van der Waals surface area contributed by atoms with E-state index in [1.807, 2.05) is 19.2 Å². The smallest absolute Gasteiger partial charge is 0.254 e. The van der Waals surface area contributed by atoms with E-state index in [1.54, 1.807) is 4.90 Å². The van der Waals surface area contributed by atoms with Gasteiger partial charge in [-0.1, -0.05) is 19.1 Å². The van der Waals surface area contributed by atoms with Crippen LogP contribution in [0.4, 0.5) is 0 Å². The van der Waals surface area contributed by atoms with Gasteiger partial charge in [-0.3, -0.25) is 4.79 Å². The fourth-order valence-electron chi connectivity index (χ4n) is 1.74. The van der Waals surface area contributed by atoms with Crippen molar-refractivity contribution < 1.29 is 4.79 Å². The third-order valence-corrected chi connectivity index (χ3v) is 2.56. The van der Waals surface area contributed by atoms with Gasteiger partial charge in [-0.2, -0.15) is 0 Å². The fourth-order valence-corrected chi connectivity index (χ4v) is 1.74. The molecule has 0 spiro atoms. The van der Waals surface area contributed by atoms with Gasteiger partial charge in [0.15, 0.2) is 0 Å². The molecule has 68 valence electrons. The Morgan fingerprint density at radius 3 is 2.92 bits per heavy atom. The number of amides is 1. The maximum atomic E-state index is 11.5. The van der Waals surface area contributed by atoms with Gasteiger partial charge >= 0.3 is 0 Å². The maximum Gasteiger partial charge on any atom is 0.254 e. The molecular weight excluding hydrogens is 162 g/mol. The molecule has 2 rings (SSSR count). The highest BCUT2D eigenvalue weighted by atomic mass is 16.2. The highest BCUT2D eigenvalue weighted by molar-refractivity contribution is 5.98. The van der Waals surface area contributed by atoms with Crippen LogP contribution >= 0.6 is 0 Å². The maximum absolute atomic E-state index is 11.5. The molecule has 0 fully saturated rings. The lowest BCUT2D eigenvalue weighted by atomic mass is 10.0. The van der Waals surface area contributed by atoms with E-state index < -0.39 is 0 Å². The Bertz CT molecular complexity index is 357. The van der Waals surface area contributed by atoms with Gasteiger partial charge in [0.05, 0.1) is 0 Å². The van der Waals surface area contributed by atoms with Crippen molar-refractivity contribution in [1.29, 1.82) is 0 Å². The minimum absolute atomic E-state index is 0.151. The Hall–Kier alpha value is -1.31. The van der Waals surface area contributed by atoms with E-state index in [2.05, 4.69) is 13.0 Å². The summed E-state index contributed by atoms with van der Waals surface area (Å²) in [7, 11) is 1.84. The molecule has 2 nitrogen and oxygen atoms in total. The van der Waals surface area contributed by atoms with Crippen molar-refractivity contribution >= 4 is 5.91 Å². The highest BCUT2D eigenvalue weighted by Gasteiger charge is 2.23. The largest absolute Gasteiger partial charge is 0.337 e. The van der Waals surface area contributed by atoms with Crippen LogP contribution in [0.2, 0.25) is 0 Å². The Kier molecular flexibility index (Phi) is 1.83. The molecule has 0 radical (unpaired) electrons. The van der Waals surface area contributed by atoms with Gasteiger partial charge in [-0.05, 0) is 23.6 Å². The molecule has 1 aromatic rings. The third-order valence-electron chi connectivity index (χ3n) is 2.56. The number of carbonyl (C=O) groups is 1. The average molecular weight is 175 g/mol. The molecule has 0 unspecified atom stereocenters. The van der Waals surface area contributed by atoms with Crippen molar-refractivity contribution in [1.82, 2.24) is 4.90 Å². The number of hydrogen-bond acceptors (Lipinski definition) is 1. The van der Waals surface area contributed by atoms with Crippen molar-refractivity contribution in [2.24, 2.45) is 0 Å². The van der Waals surface area contributed by atoms with Crippen LogP contribution in [0.1, 0.15) is 28.4 Å². The van der Waals surface area contributed by atoms with E-state index in [0.29, 0.717) is 0 Å². The Morgan fingerprint density at radius 2 is 2.23 bits per heavy atom. The Balaban J connectivity index is 2.46. The molecule has 13 heavy (non-hydrogen) atoms. The summed E-state index contributed by atoms with van der Waals surface area (Å²) in [6.07, 6.45) is 1.03. The second kappa shape index (κ2) is 2.87. The topological polar surface area (TPSA) is 20.3 Å². The van der Waals surface area contributed by atoms with Crippen LogP contribution in [-0.4, -0.2) is 17.9 Å². The normalized spacial score (nSPS) is 14.9. The lowest BCUT2D eigenvalue weighted by Crippen LogP contribution is -2.17. The quantitative estimate of drug-likeness (QED) is 0.637. The molecule has 0 aromatic heterocycles. The molecule has 0 bridgehead atoms. The molecule has 1 aliphatic rings. The summed E-state index contributed by atoms with van der Waals surface area (Å²) >= 11 is 0. The molecule has 2 heteroatoms. The summed E-state index contributed by atoms with van der Waals surface area (Å²) in [4.78, 5) is 13.3. The summed E-state index contributed by atoms with van der Waals surface area (Å²) < 4.78 is 0. The molecular formula is C11H13NO. The Morgan fingerprint density at radius 1 is 1.46 bits per heavy atom. The Labute approximate surface area is 78.2 Å². The van der Waals surface area contributed by atoms with E-state index in [9.17, 15) is 4.79 Å². The molecule has 0 saturated carbocycles. The number of fused-ring (bicyclic) bond motifs is 1. The predicted molar refractivity (Wildman–Crippen MR) is 51.6 cm³/mol. The third kappa shape index (κ3) is 1.22. The molecule has 1 heterocycles. The van der Waals surface area contributed by atoms with Crippen LogP contribution < -0.4 is 0 Å². The average Bonchev–Trinajstić information content (AvgIpc) is 2.42. The molecule has 0 saturated heterocycles. The molecule has 1 aliphatic heterocycles. The SMILES string of the molecule is CCc1ccc2c(c1)CN(C)C2=O. The van der Waals surface area contributed by atoms with Crippen molar-refractivity contribution in [3.05, 3.63) is 34.9 Å². The lowest BCUT2D eigenvalue weighted by molar-refractivity contribution is 0.0816. The highest BCUT2D eigenvalue weighted by Crippen LogP contribution is 2.22. The number of carbonyl (C=O) groups excluding carboxylic acids is 1. The zero-order valence-electron chi connectivity index (χ0n) is 8.00. The van der Waals surface area contributed by atoms with Crippen molar-refractivity contribution in [2.45, 2.75) is 19.9 Å². The summed E-state index contributed by atoms with van der Waals surface area (Å²) in [5, 5.41) is 0. The van der Waals surface area contributed by atoms with E-state index in [-0.39, 0.29) is 5.91 Å². The van der Waals surface area contributed by atoms with E-state index in [1.165, 1.54) is 11.1 Å². The van der Waals surface area contributed by atoms with Crippen molar-refractivity contribution in [3.63, 3.8) is 0 Å². The lowest BCUT2D eigenvalue weighted by Gasteiger charge is -2.04. The molecule has 1 aromatic carbocycles. The van der Waals surface area contributed by atoms with Crippen LogP contribution in [0.3, 0.4) is 0 Å². The van der Waals surface area contributed by atoms with E-state index in [0.717, 1.165) is 18.5 Å². The second-order valence-electron chi connectivity index (χ2n) is 3.51. The molecule has 1 amide bonds. The number of aryl methyl sites for hydroxylation is 1. The first-order valence-corrected chi connectivity index (χ1v) is 4.59. The standard InChI is InChI=1S/C11H13NO/c1-3-8-4-5-10-9(6-8)7-12(2)11(10)13/h4-6H,3,7H2,1-2H3. The van der Waals surface area contributed by atoms with E-state index >= 15 is 0 Å². The van der Waals surface area contributed by atoms with Gasteiger partial charge < -0.3 is 4.90 Å². The van der Waals surface area contributed by atoms with Crippen molar-refractivity contribution in [2.75, 3.05) is 7.05 Å². The summed E-state index contributed by atoms with van der Waals surface area (Å²) in [5.41, 5.74) is 3.36. The number of rotatable bonds is 1. The molecule has 0 atom stereocenters. The van der Waals surface area contributed by atoms with Gasteiger partial charge in [-0.25, -0.2) is 0 Å².